The maximum Gasteiger partial charge on any atom is 0.0562 e. The van der Waals surface area contributed by atoms with Crippen molar-refractivity contribution in [1.29, 1.82) is 0 Å². The molecule has 0 saturated carbocycles. The van der Waals surface area contributed by atoms with E-state index in [0.717, 1.165) is 5.69 Å². The fraction of sp³-hybridized carbons (Fsp3) is 0. The number of hydrogen-bond donors (Lipinski definition) is 0. The minimum Gasteiger partial charge on any atom is -0.316 e. The molecule has 42 heavy (non-hydrogen) atoms. The Labute approximate surface area is 243 Å². The van der Waals surface area contributed by atoms with Gasteiger partial charge in [-0.2, -0.15) is 0 Å². The van der Waals surface area contributed by atoms with E-state index >= 15 is 0 Å². The molecule has 0 aliphatic rings. The van der Waals surface area contributed by atoms with E-state index in [9.17, 15) is 0 Å². The maximum atomic E-state index is 2.41. The topological polar surface area (TPSA) is 9.86 Å². The summed E-state index contributed by atoms with van der Waals surface area (Å²) in [6.45, 7) is 0. The highest BCUT2D eigenvalue weighted by Gasteiger charge is 2.16. The van der Waals surface area contributed by atoms with Crippen LogP contribution in [0.25, 0.3) is 76.8 Å². The van der Waals surface area contributed by atoms with E-state index in [1.165, 1.54) is 71.1 Å². The third kappa shape index (κ3) is 3.39. The van der Waals surface area contributed by atoms with Gasteiger partial charge in [-0.05, 0) is 87.3 Å². The van der Waals surface area contributed by atoms with Crippen LogP contribution >= 0.6 is 0 Å². The van der Waals surface area contributed by atoms with Gasteiger partial charge in [0.25, 0.3) is 0 Å². The second kappa shape index (κ2) is 8.95. The fourth-order valence-electron chi connectivity index (χ4n) is 6.77. The summed E-state index contributed by atoms with van der Waals surface area (Å²) < 4.78 is 4.69. The van der Waals surface area contributed by atoms with E-state index in [4.69, 9.17) is 0 Å². The average Bonchev–Trinajstić information content (AvgIpc) is 3.62. The van der Waals surface area contributed by atoms with Crippen molar-refractivity contribution in [3.63, 3.8) is 0 Å². The van der Waals surface area contributed by atoms with E-state index in [-0.39, 0.29) is 0 Å². The highest BCUT2D eigenvalue weighted by Crippen LogP contribution is 2.38. The number of para-hydroxylation sites is 2. The molecule has 0 saturated heterocycles. The molecule has 2 nitrogen and oxygen atoms in total. The summed E-state index contributed by atoms with van der Waals surface area (Å²) in [7, 11) is 0. The van der Waals surface area contributed by atoms with Crippen molar-refractivity contribution in [1.82, 2.24) is 9.13 Å². The minimum atomic E-state index is 1.16. The van der Waals surface area contributed by atoms with Crippen LogP contribution in [0.5, 0.6) is 0 Å². The van der Waals surface area contributed by atoms with Gasteiger partial charge in [0.1, 0.15) is 0 Å². The Kier molecular flexibility index (Phi) is 4.93. The molecule has 0 fully saturated rings. The van der Waals surface area contributed by atoms with Gasteiger partial charge >= 0.3 is 0 Å². The lowest BCUT2D eigenvalue weighted by Gasteiger charge is -2.13. The second-order valence-corrected chi connectivity index (χ2v) is 11.0. The van der Waals surface area contributed by atoms with Crippen molar-refractivity contribution in [2.24, 2.45) is 0 Å². The molecule has 0 aliphatic carbocycles. The lowest BCUT2D eigenvalue weighted by atomic mass is 9.93. The molecule has 0 bridgehead atoms. The Hall–Kier alpha value is -5.60. The average molecular weight is 535 g/mol. The van der Waals surface area contributed by atoms with Crippen LogP contribution in [-0.2, 0) is 0 Å². The lowest BCUT2D eigenvalue weighted by molar-refractivity contribution is 1.12. The molecule has 0 unspecified atom stereocenters. The van der Waals surface area contributed by atoms with Gasteiger partial charge in [-0.3, -0.25) is 0 Å². The van der Waals surface area contributed by atoms with Crippen molar-refractivity contribution in [2.75, 3.05) is 0 Å². The van der Waals surface area contributed by atoms with Gasteiger partial charge in [-0.15, -0.1) is 0 Å². The standard InChI is InChI=1S/C40H26N2/c1-2-11-30(12-3-1)41-23-22-29-25-37-35-16-8-9-17-38(35)42(40(37)26-39(29)41)31-20-18-27(19-21-31)36-24-28-10-4-5-13-32(28)33-14-6-7-15-34(33)36/h1-26H. The quantitative estimate of drug-likeness (QED) is 0.200. The van der Waals surface area contributed by atoms with Crippen LogP contribution < -0.4 is 0 Å². The molecular formula is C40H26N2. The second-order valence-electron chi connectivity index (χ2n) is 11.0. The van der Waals surface area contributed by atoms with Gasteiger partial charge < -0.3 is 9.13 Å². The Morgan fingerprint density at radius 2 is 1.05 bits per heavy atom. The Balaban J connectivity index is 1.26. The van der Waals surface area contributed by atoms with Crippen molar-refractivity contribution in [3.8, 4) is 22.5 Å². The molecule has 0 atom stereocenters. The van der Waals surface area contributed by atoms with E-state index in [0.29, 0.717) is 0 Å². The highest BCUT2D eigenvalue weighted by atomic mass is 15.0. The zero-order valence-corrected chi connectivity index (χ0v) is 22.9. The summed E-state index contributed by atoms with van der Waals surface area (Å²) >= 11 is 0. The molecular weight excluding hydrogens is 508 g/mol. The summed E-state index contributed by atoms with van der Waals surface area (Å²) in [5, 5.41) is 8.92. The van der Waals surface area contributed by atoms with Crippen LogP contribution in [0.1, 0.15) is 0 Å². The third-order valence-electron chi connectivity index (χ3n) is 8.72. The van der Waals surface area contributed by atoms with E-state index in [1.807, 2.05) is 0 Å². The van der Waals surface area contributed by atoms with Gasteiger partial charge in [0.15, 0.2) is 0 Å². The van der Waals surface area contributed by atoms with Crippen LogP contribution in [0.15, 0.2) is 158 Å². The Morgan fingerprint density at radius 3 is 1.88 bits per heavy atom. The summed E-state index contributed by atoms with van der Waals surface area (Å²) in [6, 6.07) is 55.1. The number of nitrogens with zero attached hydrogens (tertiary/aromatic N) is 2. The first kappa shape index (κ1) is 23.1. The molecule has 196 valence electrons. The van der Waals surface area contributed by atoms with E-state index < -0.39 is 0 Å². The van der Waals surface area contributed by atoms with Crippen molar-refractivity contribution in [3.05, 3.63) is 158 Å². The molecule has 2 heteroatoms. The van der Waals surface area contributed by atoms with Gasteiger partial charge in [0.2, 0.25) is 0 Å². The number of aromatic nitrogens is 2. The molecule has 9 aromatic rings. The zero-order valence-electron chi connectivity index (χ0n) is 22.9. The third-order valence-corrected chi connectivity index (χ3v) is 8.72. The first-order valence-corrected chi connectivity index (χ1v) is 14.4. The number of benzene rings is 7. The molecule has 0 amide bonds. The maximum absolute atomic E-state index is 2.41. The van der Waals surface area contributed by atoms with Crippen molar-refractivity contribution >= 4 is 54.3 Å². The zero-order chi connectivity index (χ0) is 27.6. The normalized spacial score (nSPS) is 11.8. The Bertz CT molecular complexity index is 2440. The Morgan fingerprint density at radius 1 is 0.357 bits per heavy atom. The summed E-state index contributed by atoms with van der Waals surface area (Å²) in [6.07, 6.45) is 2.17. The SMILES string of the molecule is c1ccc(-n2ccc3cc4c5ccccc5n(-c5ccc(-c6cc7ccccc7c7ccccc67)cc5)c4cc32)cc1. The van der Waals surface area contributed by atoms with Crippen LogP contribution in [0, 0.1) is 0 Å². The van der Waals surface area contributed by atoms with E-state index in [1.54, 1.807) is 0 Å². The monoisotopic (exact) mass is 534 g/mol. The molecule has 0 radical (unpaired) electrons. The molecule has 0 N–H and O–H groups in total. The minimum absolute atomic E-state index is 1.16. The summed E-state index contributed by atoms with van der Waals surface area (Å²) in [4.78, 5) is 0. The van der Waals surface area contributed by atoms with Gasteiger partial charge in [0.05, 0.1) is 16.6 Å². The van der Waals surface area contributed by atoms with Crippen LogP contribution in [0.3, 0.4) is 0 Å². The van der Waals surface area contributed by atoms with Gasteiger partial charge in [-0.1, -0.05) is 97.1 Å². The molecule has 0 spiro atoms. The smallest absolute Gasteiger partial charge is 0.0562 e. The summed E-state index contributed by atoms with van der Waals surface area (Å²) in [5.41, 5.74) is 8.45. The first-order chi connectivity index (χ1) is 20.8. The molecule has 0 aliphatic heterocycles. The molecule has 9 rings (SSSR count). The lowest BCUT2D eigenvalue weighted by Crippen LogP contribution is -1.95. The van der Waals surface area contributed by atoms with E-state index in [2.05, 4.69) is 167 Å². The van der Waals surface area contributed by atoms with Crippen LogP contribution in [0.2, 0.25) is 0 Å². The van der Waals surface area contributed by atoms with Gasteiger partial charge in [-0.25, -0.2) is 0 Å². The first-order valence-electron chi connectivity index (χ1n) is 14.4. The van der Waals surface area contributed by atoms with Crippen molar-refractivity contribution < 1.29 is 0 Å². The van der Waals surface area contributed by atoms with Crippen LogP contribution in [-0.4, -0.2) is 9.13 Å². The fourth-order valence-corrected chi connectivity index (χ4v) is 6.77. The molecule has 7 aromatic carbocycles. The molecule has 2 heterocycles. The largest absolute Gasteiger partial charge is 0.316 e. The number of hydrogen-bond acceptors (Lipinski definition) is 0. The number of rotatable bonds is 3. The van der Waals surface area contributed by atoms with Crippen molar-refractivity contribution in [2.45, 2.75) is 0 Å². The summed E-state index contributed by atoms with van der Waals surface area (Å²) in [5.74, 6) is 0. The predicted molar refractivity (Wildman–Crippen MR) is 178 cm³/mol. The van der Waals surface area contributed by atoms with Gasteiger partial charge in [0, 0.05) is 33.7 Å². The number of fused-ring (bicyclic) bond motifs is 7. The predicted octanol–water partition coefficient (Wildman–Crippen LogP) is 10.7. The molecule has 2 aromatic heterocycles. The van der Waals surface area contributed by atoms with Crippen LogP contribution in [0.4, 0.5) is 0 Å². The highest BCUT2D eigenvalue weighted by molar-refractivity contribution is 6.15.